The lowest BCUT2D eigenvalue weighted by molar-refractivity contribution is 0.598. The van der Waals surface area contributed by atoms with Gasteiger partial charge >= 0.3 is 0 Å². The van der Waals surface area contributed by atoms with Crippen molar-refractivity contribution in [2.75, 3.05) is 0 Å². The molecule has 0 fully saturated rings. The molecule has 0 aliphatic rings. The minimum Gasteiger partial charge on any atom is -0.264 e. The van der Waals surface area contributed by atoms with E-state index in [9.17, 15) is 8.42 Å². The van der Waals surface area contributed by atoms with Crippen LogP contribution in [-0.4, -0.2) is 18.4 Å². The third-order valence-corrected chi connectivity index (χ3v) is 5.47. The predicted octanol–water partition coefficient (Wildman–Crippen LogP) is 3.14. The Balaban J connectivity index is 2.03. The van der Waals surface area contributed by atoms with Crippen molar-refractivity contribution in [2.45, 2.75) is 18.7 Å². The zero-order chi connectivity index (χ0) is 16.6. The molecule has 0 saturated heterocycles. The Morgan fingerprint density at radius 2 is 1.78 bits per heavy atom. The molecule has 2 N–H and O–H groups in total. The molecule has 1 aromatic carbocycles. The summed E-state index contributed by atoms with van der Waals surface area (Å²) in [5.41, 5.74) is 3.89. The molecule has 0 amide bonds. The number of hydrogen-bond acceptors (Lipinski definition) is 5. The fraction of sp³-hybridized carbons (Fsp3) is 0.125. The number of nitrogens with two attached hydrogens (primary N) is 1. The van der Waals surface area contributed by atoms with Crippen LogP contribution in [-0.2, 0) is 10.0 Å². The average molecular weight is 345 g/mol. The molecule has 0 bridgehead atoms. The van der Waals surface area contributed by atoms with Crippen molar-refractivity contribution in [2.24, 2.45) is 5.14 Å². The summed E-state index contributed by atoms with van der Waals surface area (Å²) in [6.07, 6.45) is 3.57. The quantitative estimate of drug-likeness (QED) is 0.790. The van der Waals surface area contributed by atoms with Gasteiger partial charge < -0.3 is 0 Å². The number of sulfonamides is 1. The standard InChI is InChI=1S/C16H15N3O2S2/c1-10-7-8-18-9-14(10)15-11(2)22-16(19-15)12-3-5-13(6-4-12)23(17,20)21/h3-9H,1-2H3,(H2,17,20,21). The van der Waals surface area contributed by atoms with E-state index < -0.39 is 10.0 Å². The Labute approximate surface area is 138 Å². The maximum absolute atomic E-state index is 11.3. The van der Waals surface area contributed by atoms with Crippen LogP contribution in [0.15, 0.2) is 47.6 Å². The smallest absolute Gasteiger partial charge is 0.238 e. The van der Waals surface area contributed by atoms with Gasteiger partial charge in [-0.15, -0.1) is 11.3 Å². The zero-order valence-electron chi connectivity index (χ0n) is 12.6. The molecule has 3 aromatic rings. The van der Waals surface area contributed by atoms with Crippen molar-refractivity contribution in [1.82, 2.24) is 9.97 Å². The van der Waals surface area contributed by atoms with Crippen molar-refractivity contribution >= 4 is 21.4 Å². The van der Waals surface area contributed by atoms with E-state index in [0.29, 0.717) is 0 Å². The molecule has 3 rings (SSSR count). The molecule has 5 nitrogen and oxygen atoms in total. The lowest BCUT2D eigenvalue weighted by atomic mass is 10.1. The van der Waals surface area contributed by atoms with Gasteiger partial charge in [0.15, 0.2) is 0 Å². The highest BCUT2D eigenvalue weighted by Gasteiger charge is 2.14. The summed E-state index contributed by atoms with van der Waals surface area (Å²) in [5.74, 6) is 0. The van der Waals surface area contributed by atoms with Gasteiger partial charge in [-0.05, 0) is 37.6 Å². The highest BCUT2D eigenvalue weighted by atomic mass is 32.2. The van der Waals surface area contributed by atoms with Crippen LogP contribution in [0.3, 0.4) is 0 Å². The van der Waals surface area contributed by atoms with Crippen molar-refractivity contribution in [3.8, 4) is 21.8 Å². The number of aromatic nitrogens is 2. The van der Waals surface area contributed by atoms with Crippen molar-refractivity contribution < 1.29 is 8.42 Å². The number of nitrogens with zero attached hydrogens (tertiary/aromatic N) is 2. The molecule has 0 aliphatic carbocycles. The lowest BCUT2D eigenvalue weighted by Crippen LogP contribution is -2.11. The number of benzene rings is 1. The third kappa shape index (κ3) is 3.17. The normalized spacial score (nSPS) is 11.6. The monoisotopic (exact) mass is 345 g/mol. The summed E-state index contributed by atoms with van der Waals surface area (Å²) in [4.78, 5) is 10.1. The van der Waals surface area contributed by atoms with Crippen LogP contribution >= 0.6 is 11.3 Å². The van der Waals surface area contributed by atoms with Gasteiger partial charge in [0.05, 0.1) is 10.6 Å². The number of rotatable bonds is 3. The van der Waals surface area contributed by atoms with Crippen LogP contribution in [0, 0.1) is 13.8 Å². The average Bonchev–Trinajstić information content (AvgIpc) is 2.89. The fourth-order valence-corrected chi connectivity index (χ4v) is 3.72. The summed E-state index contributed by atoms with van der Waals surface area (Å²) in [6, 6.07) is 8.39. The Morgan fingerprint density at radius 1 is 1.09 bits per heavy atom. The van der Waals surface area contributed by atoms with E-state index in [1.807, 2.05) is 26.1 Å². The first-order valence-electron chi connectivity index (χ1n) is 6.88. The van der Waals surface area contributed by atoms with Crippen LogP contribution in [0.5, 0.6) is 0 Å². The largest absolute Gasteiger partial charge is 0.264 e. The highest BCUT2D eigenvalue weighted by Crippen LogP contribution is 2.34. The number of thiazole rings is 1. The molecule has 0 radical (unpaired) electrons. The van der Waals surface area contributed by atoms with Gasteiger partial charge in [0, 0.05) is 28.4 Å². The highest BCUT2D eigenvalue weighted by molar-refractivity contribution is 7.89. The molecular formula is C16H15N3O2S2. The number of hydrogen-bond donors (Lipinski definition) is 1. The fourth-order valence-electron chi connectivity index (χ4n) is 2.27. The Bertz CT molecular complexity index is 961. The Hall–Kier alpha value is -2.09. The molecule has 23 heavy (non-hydrogen) atoms. The second-order valence-corrected chi connectivity index (χ2v) is 7.95. The van der Waals surface area contributed by atoms with E-state index in [0.717, 1.165) is 32.3 Å². The minimum absolute atomic E-state index is 0.0952. The molecule has 0 aliphatic heterocycles. The van der Waals surface area contributed by atoms with Crippen LogP contribution in [0.25, 0.3) is 21.8 Å². The lowest BCUT2D eigenvalue weighted by Gasteiger charge is -2.02. The van der Waals surface area contributed by atoms with E-state index in [1.165, 1.54) is 12.1 Å². The second-order valence-electron chi connectivity index (χ2n) is 5.18. The van der Waals surface area contributed by atoms with Gasteiger partial charge in [0.2, 0.25) is 10.0 Å². The van der Waals surface area contributed by atoms with Gasteiger partial charge in [-0.3, -0.25) is 4.98 Å². The minimum atomic E-state index is -3.68. The maximum Gasteiger partial charge on any atom is 0.238 e. The molecule has 118 valence electrons. The first-order chi connectivity index (χ1) is 10.9. The first kappa shape index (κ1) is 15.8. The van der Waals surface area contributed by atoms with Crippen LogP contribution in [0.2, 0.25) is 0 Å². The summed E-state index contributed by atoms with van der Waals surface area (Å²) in [6.45, 7) is 4.04. The van der Waals surface area contributed by atoms with Gasteiger partial charge in [0.25, 0.3) is 0 Å². The van der Waals surface area contributed by atoms with Gasteiger partial charge in [-0.1, -0.05) is 12.1 Å². The Morgan fingerprint density at radius 3 is 2.39 bits per heavy atom. The summed E-state index contributed by atoms with van der Waals surface area (Å²) < 4.78 is 22.6. The molecule has 0 atom stereocenters. The summed E-state index contributed by atoms with van der Waals surface area (Å²) in [5, 5.41) is 5.95. The number of pyridine rings is 1. The van der Waals surface area contributed by atoms with E-state index in [-0.39, 0.29) is 4.90 Å². The van der Waals surface area contributed by atoms with Crippen molar-refractivity contribution in [3.05, 3.63) is 53.2 Å². The second kappa shape index (κ2) is 5.84. The SMILES string of the molecule is Cc1ccncc1-c1nc(-c2ccc(S(N)(=O)=O)cc2)sc1C. The van der Waals surface area contributed by atoms with Crippen molar-refractivity contribution in [1.29, 1.82) is 0 Å². The topological polar surface area (TPSA) is 85.9 Å². The molecular weight excluding hydrogens is 330 g/mol. The van der Waals surface area contributed by atoms with E-state index >= 15 is 0 Å². The summed E-state index contributed by atoms with van der Waals surface area (Å²) >= 11 is 1.56. The molecule has 7 heteroatoms. The molecule has 0 spiro atoms. The zero-order valence-corrected chi connectivity index (χ0v) is 14.3. The van der Waals surface area contributed by atoms with E-state index in [1.54, 1.807) is 29.7 Å². The first-order valence-corrected chi connectivity index (χ1v) is 9.24. The molecule has 0 saturated carbocycles. The van der Waals surface area contributed by atoms with E-state index in [2.05, 4.69) is 4.98 Å². The van der Waals surface area contributed by atoms with Crippen LogP contribution in [0.1, 0.15) is 10.4 Å². The van der Waals surface area contributed by atoms with Gasteiger partial charge in [-0.2, -0.15) is 0 Å². The Kier molecular flexibility index (Phi) is 4.01. The van der Waals surface area contributed by atoms with E-state index in [4.69, 9.17) is 10.1 Å². The maximum atomic E-state index is 11.3. The van der Waals surface area contributed by atoms with Gasteiger partial charge in [-0.25, -0.2) is 18.5 Å². The third-order valence-electron chi connectivity index (χ3n) is 3.52. The van der Waals surface area contributed by atoms with Crippen LogP contribution < -0.4 is 5.14 Å². The predicted molar refractivity (Wildman–Crippen MR) is 91.6 cm³/mol. The molecule has 0 unspecified atom stereocenters. The summed E-state index contributed by atoms with van der Waals surface area (Å²) in [7, 11) is -3.68. The van der Waals surface area contributed by atoms with Crippen molar-refractivity contribution in [3.63, 3.8) is 0 Å². The van der Waals surface area contributed by atoms with Gasteiger partial charge in [0.1, 0.15) is 5.01 Å². The number of primary sulfonamides is 1. The molecule has 2 aromatic heterocycles. The molecule has 2 heterocycles. The number of aryl methyl sites for hydroxylation is 2. The van der Waals surface area contributed by atoms with Crippen LogP contribution in [0.4, 0.5) is 0 Å².